The van der Waals surface area contributed by atoms with Crippen molar-refractivity contribution >= 4 is 5.97 Å². The van der Waals surface area contributed by atoms with E-state index in [0.717, 1.165) is 32.0 Å². The molecule has 0 aliphatic carbocycles. The molecule has 2 rings (SSSR count). The van der Waals surface area contributed by atoms with E-state index >= 15 is 0 Å². The minimum atomic E-state index is -0.113. The number of ether oxygens (including phenoxy) is 1. The van der Waals surface area contributed by atoms with E-state index in [0.29, 0.717) is 5.92 Å². The molecule has 2 fully saturated rings. The van der Waals surface area contributed by atoms with E-state index in [1.54, 1.807) is 0 Å². The van der Waals surface area contributed by atoms with E-state index in [4.69, 9.17) is 4.74 Å². The predicted octanol–water partition coefficient (Wildman–Crippen LogP) is -0.253. The van der Waals surface area contributed by atoms with Crippen LogP contribution in [0.1, 0.15) is 12.8 Å². The zero-order valence-corrected chi connectivity index (χ0v) is 8.58. The Morgan fingerprint density at radius 1 is 1.36 bits per heavy atom. The summed E-state index contributed by atoms with van der Waals surface area (Å²) < 4.78 is 4.73. The van der Waals surface area contributed by atoms with E-state index in [1.165, 1.54) is 13.5 Å². The first-order valence-electron chi connectivity index (χ1n) is 5.33. The van der Waals surface area contributed by atoms with Crippen LogP contribution in [0.3, 0.4) is 0 Å². The summed E-state index contributed by atoms with van der Waals surface area (Å²) in [6, 6.07) is -0.0643. The highest BCUT2D eigenvalue weighted by Crippen LogP contribution is 2.27. The molecule has 0 aromatic heterocycles. The van der Waals surface area contributed by atoms with Crippen molar-refractivity contribution in [2.24, 2.45) is 11.8 Å². The molecule has 2 aliphatic heterocycles. The lowest BCUT2D eigenvalue weighted by Gasteiger charge is -2.15. The number of nitrogens with one attached hydrogen (secondary N) is 2. The summed E-state index contributed by atoms with van der Waals surface area (Å²) in [5.74, 6) is 1.28. The van der Waals surface area contributed by atoms with E-state index in [2.05, 4.69) is 10.6 Å². The van der Waals surface area contributed by atoms with Crippen LogP contribution in [-0.2, 0) is 9.53 Å². The third-order valence-corrected chi connectivity index (χ3v) is 3.42. The van der Waals surface area contributed by atoms with Gasteiger partial charge in [0.1, 0.15) is 6.04 Å². The lowest BCUT2D eigenvalue weighted by atomic mass is 9.89. The molecule has 14 heavy (non-hydrogen) atoms. The minimum absolute atomic E-state index is 0.0643. The third-order valence-electron chi connectivity index (χ3n) is 3.42. The molecule has 80 valence electrons. The Bertz CT molecular complexity index is 214. The molecule has 0 radical (unpaired) electrons. The van der Waals surface area contributed by atoms with E-state index in [1.807, 2.05) is 0 Å². The Kier molecular flexibility index (Phi) is 3.03. The molecular formula is C10H18N2O2. The van der Waals surface area contributed by atoms with Crippen LogP contribution in [-0.4, -0.2) is 38.8 Å². The highest BCUT2D eigenvalue weighted by molar-refractivity contribution is 5.76. The van der Waals surface area contributed by atoms with Crippen molar-refractivity contribution in [3.8, 4) is 0 Å². The Hall–Kier alpha value is -0.610. The number of rotatable bonds is 2. The third kappa shape index (κ3) is 1.91. The average Bonchev–Trinajstić information content (AvgIpc) is 2.86. The van der Waals surface area contributed by atoms with Crippen LogP contribution in [0.25, 0.3) is 0 Å². The van der Waals surface area contributed by atoms with Crippen LogP contribution in [0.15, 0.2) is 0 Å². The van der Waals surface area contributed by atoms with Crippen LogP contribution in [0.5, 0.6) is 0 Å². The maximum absolute atomic E-state index is 11.3. The second-order valence-corrected chi connectivity index (χ2v) is 4.23. The summed E-state index contributed by atoms with van der Waals surface area (Å²) in [7, 11) is 1.45. The standard InChI is InChI=1S/C10H18N2O2/c1-14-10(13)9-4-8(6-12-9)7-2-3-11-5-7/h7-9,11-12H,2-6H2,1H3. The molecule has 2 N–H and O–H groups in total. The second-order valence-electron chi connectivity index (χ2n) is 4.23. The van der Waals surface area contributed by atoms with Gasteiger partial charge in [-0.3, -0.25) is 4.79 Å². The smallest absolute Gasteiger partial charge is 0.322 e. The summed E-state index contributed by atoms with van der Waals surface area (Å²) in [4.78, 5) is 11.3. The van der Waals surface area contributed by atoms with Gasteiger partial charge in [0.05, 0.1) is 7.11 Å². The summed E-state index contributed by atoms with van der Waals surface area (Å²) in [6.07, 6.45) is 2.19. The van der Waals surface area contributed by atoms with Gasteiger partial charge in [0, 0.05) is 0 Å². The van der Waals surface area contributed by atoms with Gasteiger partial charge in [-0.15, -0.1) is 0 Å². The van der Waals surface area contributed by atoms with Crippen LogP contribution in [0, 0.1) is 11.8 Å². The van der Waals surface area contributed by atoms with E-state index in [9.17, 15) is 4.79 Å². The van der Waals surface area contributed by atoms with Gasteiger partial charge in [0.25, 0.3) is 0 Å². The Labute approximate surface area is 84.4 Å². The minimum Gasteiger partial charge on any atom is -0.468 e. The maximum Gasteiger partial charge on any atom is 0.322 e. The molecule has 2 heterocycles. The molecule has 0 amide bonds. The van der Waals surface area contributed by atoms with Gasteiger partial charge in [-0.05, 0) is 44.3 Å². The number of hydrogen-bond acceptors (Lipinski definition) is 4. The first-order valence-corrected chi connectivity index (χ1v) is 5.33. The van der Waals surface area contributed by atoms with Crippen LogP contribution in [0.4, 0.5) is 0 Å². The van der Waals surface area contributed by atoms with E-state index < -0.39 is 0 Å². The molecule has 3 atom stereocenters. The fourth-order valence-corrected chi connectivity index (χ4v) is 2.52. The van der Waals surface area contributed by atoms with Crippen molar-refractivity contribution in [1.82, 2.24) is 10.6 Å². The maximum atomic E-state index is 11.3. The SMILES string of the molecule is COC(=O)C1CC(C2CCNC2)CN1. The summed E-state index contributed by atoms with van der Waals surface area (Å²) in [5.41, 5.74) is 0. The number of esters is 1. The normalized spacial score (nSPS) is 37.4. The van der Waals surface area contributed by atoms with Gasteiger partial charge in [-0.25, -0.2) is 0 Å². The molecule has 2 saturated heterocycles. The Balaban J connectivity index is 1.84. The second kappa shape index (κ2) is 4.28. The van der Waals surface area contributed by atoms with Gasteiger partial charge in [-0.2, -0.15) is 0 Å². The molecule has 2 aliphatic rings. The van der Waals surface area contributed by atoms with Crippen LogP contribution >= 0.6 is 0 Å². The zero-order chi connectivity index (χ0) is 9.97. The molecule has 0 aromatic carbocycles. The molecule has 0 bridgehead atoms. The molecule has 0 spiro atoms. The van der Waals surface area contributed by atoms with Crippen molar-refractivity contribution in [3.05, 3.63) is 0 Å². The summed E-state index contributed by atoms with van der Waals surface area (Å²) >= 11 is 0. The number of hydrogen-bond donors (Lipinski definition) is 2. The lowest BCUT2D eigenvalue weighted by molar-refractivity contribution is -0.142. The highest BCUT2D eigenvalue weighted by atomic mass is 16.5. The van der Waals surface area contributed by atoms with Gasteiger partial charge < -0.3 is 15.4 Å². The first kappa shape index (κ1) is 9.93. The van der Waals surface area contributed by atoms with E-state index in [-0.39, 0.29) is 12.0 Å². The molecule has 4 nitrogen and oxygen atoms in total. The van der Waals surface area contributed by atoms with Gasteiger partial charge in [0.15, 0.2) is 0 Å². The largest absolute Gasteiger partial charge is 0.468 e. The van der Waals surface area contributed by atoms with Crippen molar-refractivity contribution < 1.29 is 9.53 Å². The Morgan fingerprint density at radius 3 is 2.86 bits per heavy atom. The molecule has 0 saturated carbocycles. The highest BCUT2D eigenvalue weighted by Gasteiger charge is 2.35. The van der Waals surface area contributed by atoms with Crippen molar-refractivity contribution in [3.63, 3.8) is 0 Å². The molecule has 4 heteroatoms. The number of carbonyl (C=O) groups is 1. The molecule has 0 aromatic rings. The zero-order valence-electron chi connectivity index (χ0n) is 8.58. The summed E-state index contributed by atoms with van der Waals surface area (Å²) in [5, 5.41) is 6.60. The quantitative estimate of drug-likeness (QED) is 0.601. The lowest BCUT2D eigenvalue weighted by Crippen LogP contribution is -2.31. The van der Waals surface area contributed by atoms with Crippen LogP contribution in [0.2, 0.25) is 0 Å². The van der Waals surface area contributed by atoms with Crippen LogP contribution < -0.4 is 10.6 Å². The number of methoxy groups -OCH3 is 1. The van der Waals surface area contributed by atoms with Gasteiger partial charge in [-0.1, -0.05) is 0 Å². The van der Waals surface area contributed by atoms with Gasteiger partial charge in [0.2, 0.25) is 0 Å². The Morgan fingerprint density at radius 2 is 2.21 bits per heavy atom. The number of carbonyl (C=O) groups excluding carboxylic acids is 1. The van der Waals surface area contributed by atoms with Crippen molar-refractivity contribution in [2.45, 2.75) is 18.9 Å². The monoisotopic (exact) mass is 198 g/mol. The molecule has 3 unspecified atom stereocenters. The fraction of sp³-hybridized carbons (Fsp3) is 0.900. The van der Waals surface area contributed by atoms with Crippen molar-refractivity contribution in [1.29, 1.82) is 0 Å². The van der Waals surface area contributed by atoms with Crippen molar-refractivity contribution in [2.75, 3.05) is 26.7 Å². The summed E-state index contributed by atoms with van der Waals surface area (Å²) in [6.45, 7) is 3.20. The topological polar surface area (TPSA) is 50.4 Å². The van der Waals surface area contributed by atoms with Gasteiger partial charge >= 0.3 is 5.97 Å². The average molecular weight is 198 g/mol. The molecular weight excluding hydrogens is 180 g/mol. The first-order chi connectivity index (χ1) is 6.81. The predicted molar refractivity (Wildman–Crippen MR) is 52.9 cm³/mol. The fourth-order valence-electron chi connectivity index (χ4n) is 2.52.